The number of methoxy groups -OCH3 is 1. The van der Waals surface area contributed by atoms with Gasteiger partial charge in [-0.1, -0.05) is 19.4 Å². The van der Waals surface area contributed by atoms with Gasteiger partial charge in [-0.25, -0.2) is 4.98 Å². The Bertz CT molecular complexity index is 1090. The number of rotatable bonds is 11. The quantitative estimate of drug-likeness (QED) is 0.342. The van der Waals surface area contributed by atoms with Crippen molar-refractivity contribution in [3.8, 4) is 5.75 Å². The number of aliphatic hydroxyl groups is 1. The standard InChI is InChI=1S/C28H38N6O3/c1-3-4-15-29-28-32-18-24(26(34-28)33-21-8-10-22(35)11-9-21)27(36)31-17-19-5-14-25(30-16-19)20-6-12-23(37-2)13-7-20/h5-7,12-14,18-19,21-22,35H,3-4,8-11,15-17H2,1-2H3,(H,31,36)(H2,29,32,33,34). The van der Waals surface area contributed by atoms with Crippen molar-refractivity contribution < 1.29 is 14.6 Å². The number of ether oxygens (including phenoxy) is 1. The van der Waals surface area contributed by atoms with Gasteiger partial charge in [0.25, 0.3) is 5.91 Å². The first-order valence-corrected chi connectivity index (χ1v) is 13.3. The zero-order valence-electron chi connectivity index (χ0n) is 21.7. The SMILES string of the molecule is CCCCNc1ncc(C(=O)NCC2C=CC(c3ccc(OC)cc3)=NC2)c(NC2CCC(O)CC2)n1. The lowest BCUT2D eigenvalue weighted by atomic mass is 9.93. The molecule has 1 saturated carbocycles. The highest BCUT2D eigenvalue weighted by atomic mass is 16.5. The largest absolute Gasteiger partial charge is 0.497 e. The van der Waals surface area contributed by atoms with Crippen molar-refractivity contribution in [2.24, 2.45) is 10.9 Å². The third-order valence-corrected chi connectivity index (χ3v) is 6.82. The maximum absolute atomic E-state index is 13.2. The highest BCUT2D eigenvalue weighted by molar-refractivity contribution is 6.09. The average molecular weight is 507 g/mol. The first-order chi connectivity index (χ1) is 18.1. The van der Waals surface area contributed by atoms with Crippen molar-refractivity contribution in [3.05, 3.63) is 53.7 Å². The number of anilines is 2. The Morgan fingerprint density at radius 3 is 2.62 bits per heavy atom. The zero-order chi connectivity index (χ0) is 26.0. The molecule has 1 aromatic carbocycles. The molecule has 0 spiro atoms. The number of nitrogens with zero attached hydrogens (tertiary/aromatic N) is 3. The minimum Gasteiger partial charge on any atom is -0.497 e. The van der Waals surface area contributed by atoms with Crippen LogP contribution in [-0.4, -0.2) is 65.6 Å². The summed E-state index contributed by atoms with van der Waals surface area (Å²) in [6, 6.07) is 8.00. The highest BCUT2D eigenvalue weighted by Crippen LogP contribution is 2.24. The Kier molecular flexibility index (Phi) is 9.48. The number of unbranched alkanes of at least 4 members (excludes halogenated alkanes) is 1. The second kappa shape index (κ2) is 13.2. The first kappa shape index (κ1) is 26.6. The van der Waals surface area contributed by atoms with E-state index < -0.39 is 0 Å². The molecule has 0 saturated heterocycles. The minimum atomic E-state index is -0.242. The number of hydrogen-bond acceptors (Lipinski definition) is 8. The molecule has 0 bridgehead atoms. The lowest BCUT2D eigenvalue weighted by molar-refractivity contribution is 0.0949. The molecule has 2 aromatic rings. The number of amides is 1. The molecule has 2 heterocycles. The Labute approximate surface area is 218 Å². The summed E-state index contributed by atoms with van der Waals surface area (Å²) < 4.78 is 5.22. The van der Waals surface area contributed by atoms with E-state index in [4.69, 9.17) is 9.73 Å². The number of nitrogens with one attached hydrogen (secondary N) is 3. The molecule has 2 aliphatic rings. The van der Waals surface area contributed by atoms with Gasteiger partial charge in [0.1, 0.15) is 17.1 Å². The topological polar surface area (TPSA) is 121 Å². The fourth-order valence-corrected chi connectivity index (χ4v) is 4.49. The van der Waals surface area contributed by atoms with Crippen LogP contribution < -0.4 is 20.7 Å². The second-order valence-corrected chi connectivity index (χ2v) is 9.67. The lowest BCUT2D eigenvalue weighted by Gasteiger charge is -2.27. The van der Waals surface area contributed by atoms with Crippen molar-refractivity contribution in [2.75, 3.05) is 37.4 Å². The fourth-order valence-electron chi connectivity index (χ4n) is 4.49. The number of allylic oxidation sites excluding steroid dienone is 1. The van der Waals surface area contributed by atoms with Crippen LogP contribution in [0.25, 0.3) is 0 Å². The first-order valence-electron chi connectivity index (χ1n) is 13.3. The summed E-state index contributed by atoms with van der Waals surface area (Å²) in [6.07, 6.45) is 10.7. The number of aliphatic hydroxyl groups excluding tert-OH is 1. The van der Waals surface area contributed by atoms with Crippen LogP contribution in [0.4, 0.5) is 11.8 Å². The molecular formula is C28H38N6O3. The van der Waals surface area contributed by atoms with Crippen LogP contribution in [-0.2, 0) is 0 Å². The van der Waals surface area contributed by atoms with Gasteiger partial charge >= 0.3 is 0 Å². The molecule has 1 aromatic heterocycles. The van der Waals surface area contributed by atoms with Crippen LogP contribution in [0.2, 0.25) is 0 Å². The van der Waals surface area contributed by atoms with Gasteiger partial charge in [0.2, 0.25) is 5.95 Å². The van der Waals surface area contributed by atoms with Gasteiger partial charge in [0.05, 0.1) is 18.9 Å². The van der Waals surface area contributed by atoms with E-state index in [0.717, 1.165) is 62.1 Å². The molecule has 198 valence electrons. The Hall–Kier alpha value is -3.46. The number of aromatic nitrogens is 2. The molecule has 0 radical (unpaired) electrons. The number of aliphatic imine (C=N–C) groups is 1. The van der Waals surface area contributed by atoms with Crippen LogP contribution in [0.1, 0.15) is 61.4 Å². The van der Waals surface area contributed by atoms with Crippen LogP contribution in [0, 0.1) is 5.92 Å². The molecule has 4 N–H and O–H groups in total. The molecule has 1 fully saturated rings. The molecule has 1 amide bonds. The van der Waals surface area contributed by atoms with Gasteiger partial charge in [-0.2, -0.15) is 4.98 Å². The highest BCUT2D eigenvalue weighted by Gasteiger charge is 2.23. The number of dihydropyridines is 1. The molecule has 37 heavy (non-hydrogen) atoms. The molecule has 1 atom stereocenters. The lowest BCUT2D eigenvalue weighted by Crippen LogP contribution is -2.33. The van der Waals surface area contributed by atoms with Crippen molar-refractivity contribution in [3.63, 3.8) is 0 Å². The van der Waals surface area contributed by atoms with E-state index in [1.807, 2.05) is 30.3 Å². The molecule has 1 aliphatic heterocycles. The van der Waals surface area contributed by atoms with Crippen LogP contribution in [0.15, 0.2) is 47.6 Å². The average Bonchev–Trinajstić information content (AvgIpc) is 2.94. The predicted octanol–water partition coefficient (Wildman–Crippen LogP) is 3.82. The van der Waals surface area contributed by atoms with Crippen molar-refractivity contribution in [1.29, 1.82) is 0 Å². The third-order valence-electron chi connectivity index (χ3n) is 6.82. The van der Waals surface area contributed by atoms with E-state index in [0.29, 0.717) is 30.4 Å². The Balaban J connectivity index is 1.37. The smallest absolute Gasteiger partial charge is 0.256 e. The van der Waals surface area contributed by atoms with Gasteiger partial charge in [-0.3, -0.25) is 9.79 Å². The number of benzene rings is 1. The van der Waals surface area contributed by atoms with Crippen LogP contribution in [0.5, 0.6) is 5.75 Å². The maximum atomic E-state index is 13.2. The van der Waals surface area contributed by atoms with Gasteiger partial charge in [-0.15, -0.1) is 0 Å². The molecule has 9 heteroatoms. The summed E-state index contributed by atoms with van der Waals surface area (Å²) in [5.41, 5.74) is 2.39. The van der Waals surface area contributed by atoms with Crippen LogP contribution in [0.3, 0.4) is 0 Å². The van der Waals surface area contributed by atoms with Crippen molar-refractivity contribution in [1.82, 2.24) is 15.3 Å². The molecule has 9 nitrogen and oxygen atoms in total. The Morgan fingerprint density at radius 2 is 1.95 bits per heavy atom. The number of hydrogen-bond donors (Lipinski definition) is 4. The van der Waals surface area contributed by atoms with Gasteiger partial charge in [-0.05, 0) is 68.0 Å². The summed E-state index contributed by atoms with van der Waals surface area (Å²) in [7, 11) is 1.65. The van der Waals surface area contributed by atoms with Gasteiger partial charge in [0, 0.05) is 37.8 Å². The monoisotopic (exact) mass is 506 g/mol. The number of carbonyl (C=O) groups excluding carboxylic acids is 1. The fraction of sp³-hybridized carbons (Fsp3) is 0.500. The van der Waals surface area contributed by atoms with Gasteiger partial charge < -0.3 is 25.8 Å². The van der Waals surface area contributed by atoms with E-state index in [2.05, 4.69) is 38.9 Å². The second-order valence-electron chi connectivity index (χ2n) is 9.67. The van der Waals surface area contributed by atoms with E-state index in [1.54, 1.807) is 13.3 Å². The van der Waals surface area contributed by atoms with Gasteiger partial charge in [0.15, 0.2) is 0 Å². The molecular weight excluding hydrogens is 468 g/mol. The molecule has 1 unspecified atom stereocenters. The van der Waals surface area contributed by atoms with Crippen molar-refractivity contribution >= 4 is 23.4 Å². The molecule has 4 rings (SSSR count). The van der Waals surface area contributed by atoms with Crippen LogP contribution >= 0.6 is 0 Å². The Morgan fingerprint density at radius 1 is 1.16 bits per heavy atom. The van der Waals surface area contributed by atoms with Crippen molar-refractivity contribution in [2.45, 2.75) is 57.6 Å². The summed E-state index contributed by atoms with van der Waals surface area (Å²) in [5, 5.41) is 19.6. The van der Waals surface area contributed by atoms with E-state index in [1.165, 1.54) is 0 Å². The molecule has 1 aliphatic carbocycles. The zero-order valence-corrected chi connectivity index (χ0v) is 21.7. The summed E-state index contributed by atoms with van der Waals surface area (Å²) >= 11 is 0. The van der Waals surface area contributed by atoms with E-state index in [9.17, 15) is 9.90 Å². The maximum Gasteiger partial charge on any atom is 0.256 e. The minimum absolute atomic E-state index is 0.109. The summed E-state index contributed by atoms with van der Waals surface area (Å²) in [5.74, 6) is 1.76. The third kappa shape index (κ3) is 7.52. The summed E-state index contributed by atoms with van der Waals surface area (Å²) in [6.45, 7) is 3.99. The van der Waals surface area contributed by atoms with E-state index >= 15 is 0 Å². The van der Waals surface area contributed by atoms with E-state index in [-0.39, 0.29) is 24.0 Å². The number of carbonyl (C=O) groups is 1. The predicted molar refractivity (Wildman–Crippen MR) is 147 cm³/mol. The normalized spacial score (nSPS) is 21.2. The summed E-state index contributed by atoms with van der Waals surface area (Å²) in [4.78, 5) is 26.9.